The highest BCUT2D eigenvalue weighted by Crippen LogP contribution is 2.52. The fraction of sp³-hybridized carbons (Fsp3) is 0.778. The van der Waals surface area contributed by atoms with E-state index in [9.17, 15) is 13.2 Å². The van der Waals surface area contributed by atoms with Crippen LogP contribution in [0.4, 0.5) is 13.2 Å². The van der Waals surface area contributed by atoms with Crippen molar-refractivity contribution in [2.45, 2.75) is 32.2 Å². The Labute approximate surface area is 86.0 Å². The van der Waals surface area contributed by atoms with Crippen LogP contribution >= 0.6 is 0 Å². The van der Waals surface area contributed by atoms with Gasteiger partial charge in [0.1, 0.15) is 0 Å². The Morgan fingerprint density at radius 1 is 1.47 bits per heavy atom. The number of rotatable bonds is 2. The van der Waals surface area contributed by atoms with Gasteiger partial charge in [-0.2, -0.15) is 4.84 Å². The molecule has 85 valence electrons. The second-order valence-corrected chi connectivity index (χ2v) is 4.26. The molecule has 0 saturated heterocycles. The number of hydrazine groups is 1. The van der Waals surface area contributed by atoms with Gasteiger partial charge in [-0.15, -0.1) is 13.2 Å². The van der Waals surface area contributed by atoms with E-state index in [4.69, 9.17) is 0 Å². The summed E-state index contributed by atoms with van der Waals surface area (Å²) >= 11 is 0. The Bertz CT molecular complexity index is 286. The van der Waals surface area contributed by atoms with Gasteiger partial charge in [0.15, 0.2) is 0 Å². The Kier molecular flexibility index (Phi) is 2.24. The zero-order chi connectivity index (χ0) is 11.3. The second-order valence-electron chi connectivity index (χ2n) is 4.26. The molecule has 1 heterocycles. The molecule has 1 aliphatic carbocycles. The Morgan fingerprint density at radius 3 is 2.53 bits per heavy atom. The van der Waals surface area contributed by atoms with Crippen molar-refractivity contribution in [2.24, 2.45) is 5.41 Å². The number of halogens is 3. The Hall–Kier alpha value is -0.750. The number of nitrogens with zero attached hydrogens (tertiary/aromatic N) is 2. The molecule has 0 amide bonds. The highest BCUT2D eigenvalue weighted by molar-refractivity contribution is 5.08. The first kappa shape index (κ1) is 10.8. The first-order chi connectivity index (χ1) is 6.82. The molecule has 1 aliphatic heterocycles. The molecule has 2 aliphatic rings. The van der Waals surface area contributed by atoms with Crippen molar-refractivity contribution in [3.05, 3.63) is 12.3 Å². The van der Waals surface area contributed by atoms with E-state index >= 15 is 0 Å². The highest BCUT2D eigenvalue weighted by atomic mass is 19.4. The van der Waals surface area contributed by atoms with Gasteiger partial charge in [0.05, 0.1) is 12.2 Å². The SMILES string of the molecule is CN1[C]=CC(C2(C)CC2)N1OC(F)(F)F. The summed E-state index contributed by atoms with van der Waals surface area (Å²) in [5, 5.41) is 2.04. The molecule has 1 atom stereocenters. The molecule has 0 aromatic rings. The van der Waals surface area contributed by atoms with E-state index in [1.165, 1.54) is 12.1 Å². The lowest BCUT2D eigenvalue weighted by atomic mass is 10.0. The lowest BCUT2D eigenvalue weighted by Gasteiger charge is -2.32. The topological polar surface area (TPSA) is 15.7 Å². The smallest absolute Gasteiger partial charge is 0.284 e. The van der Waals surface area contributed by atoms with E-state index in [0.717, 1.165) is 18.0 Å². The molecule has 3 nitrogen and oxygen atoms in total. The van der Waals surface area contributed by atoms with E-state index in [-0.39, 0.29) is 11.5 Å². The molecule has 6 heteroatoms. The van der Waals surface area contributed by atoms with Crippen molar-refractivity contribution in [2.75, 3.05) is 7.05 Å². The maximum absolute atomic E-state index is 12.1. The van der Waals surface area contributed by atoms with Gasteiger partial charge in [0.2, 0.25) is 0 Å². The van der Waals surface area contributed by atoms with Gasteiger partial charge in [-0.1, -0.05) is 12.1 Å². The fourth-order valence-corrected chi connectivity index (χ4v) is 1.67. The van der Waals surface area contributed by atoms with E-state index < -0.39 is 6.36 Å². The van der Waals surface area contributed by atoms with Crippen LogP contribution in [-0.2, 0) is 4.84 Å². The molecule has 0 spiro atoms. The Morgan fingerprint density at radius 2 is 2.07 bits per heavy atom. The molecule has 1 fully saturated rings. The minimum atomic E-state index is -4.66. The van der Waals surface area contributed by atoms with Crippen molar-refractivity contribution >= 4 is 0 Å². The molecule has 0 N–H and O–H groups in total. The lowest BCUT2D eigenvalue weighted by Crippen LogP contribution is -2.46. The molecule has 1 unspecified atom stereocenters. The van der Waals surface area contributed by atoms with E-state index in [1.54, 1.807) is 6.08 Å². The van der Waals surface area contributed by atoms with Crippen LogP contribution in [0.15, 0.2) is 6.08 Å². The molecule has 0 aromatic heterocycles. The van der Waals surface area contributed by atoms with Gasteiger partial charge in [0, 0.05) is 7.05 Å². The number of hydrogen-bond acceptors (Lipinski definition) is 3. The number of alkyl halides is 3. The summed E-state index contributed by atoms with van der Waals surface area (Å²) in [6, 6.07) is -0.371. The minimum Gasteiger partial charge on any atom is -0.284 e. The minimum absolute atomic E-state index is 0.108. The number of hydroxylamine groups is 1. The summed E-state index contributed by atoms with van der Waals surface area (Å²) < 4.78 is 36.4. The van der Waals surface area contributed by atoms with Crippen LogP contribution in [-0.4, -0.2) is 29.6 Å². The van der Waals surface area contributed by atoms with E-state index in [0.29, 0.717) is 0 Å². The summed E-state index contributed by atoms with van der Waals surface area (Å²) in [6.07, 6.45) is 1.50. The normalized spacial score (nSPS) is 29.9. The van der Waals surface area contributed by atoms with Crippen LogP contribution in [0.1, 0.15) is 19.8 Å². The third-order valence-electron chi connectivity index (χ3n) is 2.90. The molecule has 2 rings (SSSR count). The van der Waals surface area contributed by atoms with E-state index in [1.807, 2.05) is 6.92 Å². The monoisotopic (exact) mass is 221 g/mol. The van der Waals surface area contributed by atoms with Crippen LogP contribution in [0.25, 0.3) is 0 Å². The Balaban J connectivity index is 2.08. The van der Waals surface area contributed by atoms with Gasteiger partial charge in [0.25, 0.3) is 0 Å². The van der Waals surface area contributed by atoms with Crippen LogP contribution in [0.2, 0.25) is 0 Å². The zero-order valence-corrected chi connectivity index (χ0v) is 8.51. The van der Waals surface area contributed by atoms with Crippen molar-refractivity contribution in [1.29, 1.82) is 0 Å². The molecule has 15 heavy (non-hydrogen) atoms. The quantitative estimate of drug-likeness (QED) is 0.710. The summed E-state index contributed by atoms with van der Waals surface area (Å²) in [5.74, 6) is 0. The van der Waals surface area contributed by atoms with Crippen LogP contribution in [0, 0.1) is 11.6 Å². The molecule has 0 bridgehead atoms. The maximum atomic E-state index is 12.1. The average Bonchev–Trinajstić information content (AvgIpc) is 2.71. The summed E-state index contributed by atoms with van der Waals surface area (Å²) in [7, 11) is 1.48. The van der Waals surface area contributed by atoms with Gasteiger partial charge >= 0.3 is 6.36 Å². The lowest BCUT2D eigenvalue weighted by molar-refractivity contribution is -0.456. The molecule has 1 radical (unpaired) electrons. The number of hydrogen-bond donors (Lipinski definition) is 0. The van der Waals surface area contributed by atoms with Crippen molar-refractivity contribution in [3.63, 3.8) is 0 Å². The largest absolute Gasteiger partial charge is 0.540 e. The van der Waals surface area contributed by atoms with E-state index in [2.05, 4.69) is 11.0 Å². The molecule has 1 saturated carbocycles. The maximum Gasteiger partial charge on any atom is 0.540 e. The predicted molar refractivity (Wildman–Crippen MR) is 45.7 cm³/mol. The molecular formula is C9H12F3N2O. The summed E-state index contributed by atoms with van der Waals surface area (Å²) in [4.78, 5) is 3.96. The van der Waals surface area contributed by atoms with Crippen LogP contribution < -0.4 is 0 Å². The zero-order valence-electron chi connectivity index (χ0n) is 8.51. The van der Waals surface area contributed by atoms with Crippen molar-refractivity contribution in [3.8, 4) is 0 Å². The standard InChI is InChI=1S/C9H12F3N2O/c1-8(4-5-8)7-3-6-13(2)14(7)15-9(10,11)12/h3,7H,4-5H2,1-2H3. The van der Waals surface area contributed by atoms with Crippen LogP contribution in [0.3, 0.4) is 0 Å². The first-order valence-electron chi connectivity index (χ1n) is 4.70. The van der Waals surface area contributed by atoms with Gasteiger partial charge in [-0.05, 0) is 24.3 Å². The van der Waals surface area contributed by atoms with Gasteiger partial charge in [-0.25, -0.2) is 0 Å². The summed E-state index contributed by atoms with van der Waals surface area (Å²) in [5.41, 5.74) is -0.108. The predicted octanol–water partition coefficient (Wildman–Crippen LogP) is 2.09. The fourth-order valence-electron chi connectivity index (χ4n) is 1.67. The molecular weight excluding hydrogens is 209 g/mol. The third kappa shape index (κ3) is 2.10. The van der Waals surface area contributed by atoms with Crippen LogP contribution in [0.5, 0.6) is 0 Å². The third-order valence-corrected chi connectivity index (χ3v) is 2.90. The van der Waals surface area contributed by atoms with Crippen molar-refractivity contribution < 1.29 is 18.0 Å². The average molecular weight is 221 g/mol. The highest BCUT2D eigenvalue weighted by Gasteiger charge is 2.52. The van der Waals surface area contributed by atoms with Crippen molar-refractivity contribution in [1.82, 2.24) is 10.2 Å². The van der Waals surface area contributed by atoms with Gasteiger partial charge < -0.3 is 0 Å². The second kappa shape index (κ2) is 3.12. The first-order valence-corrected chi connectivity index (χ1v) is 4.70. The summed E-state index contributed by atoms with van der Waals surface area (Å²) in [6.45, 7) is 1.95. The van der Waals surface area contributed by atoms with Gasteiger partial charge in [-0.3, -0.25) is 5.01 Å². The molecule has 0 aromatic carbocycles.